The normalized spacial score (nSPS) is 18.3. The van der Waals surface area contributed by atoms with Gasteiger partial charge in [0, 0.05) is 6.04 Å². The predicted octanol–water partition coefficient (Wildman–Crippen LogP) is 2.94. The first-order valence-corrected chi connectivity index (χ1v) is 6.86. The standard InChI is InChI=1S/C16H19NO2/c18-11-14-9-8-13(19-14)10-17-16-7-3-5-12-4-1-2-6-15(12)16/h1-2,4,6,8-9,16-18H,3,5,7,10-11H2. The highest BCUT2D eigenvalue weighted by Crippen LogP contribution is 2.29. The zero-order chi connectivity index (χ0) is 13.1. The van der Waals surface area contributed by atoms with E-state index in [2.05, 4.69) is 29.6 Å². The van der Waals surface area contributed by atoms with Crippen LogP contribution in [0.2, 0.25) is 0 Å². The molecule has 19 heavy (non-hydrogen) atoms. The summed E-state index contributed by atoms with van der Waals surface area (Å²) in [6, 6.07) is 12.8. The summed E-state index contributed by atoms with van der Waals surface area (Å²) in [4.78, 5) is 0. The van der Waals surface area contributed by atoms with Crippen molar-refractivity contribution in [2.45, 2.75) is 38.5 Å². The lowest BCUT2D eigenvalue weighted by molar-refractivity contribution is 0.242. The first-order valence-electron chi connectivity index (χ1n) is 6.86. The fourth-order valence-electron chi connectivity index (χ4n) is 2.79. The van der Waals surface area contributed by atoms with E-state index in [9.17, 15) is 0 Å². The Morgan fingerprint density at radius 3 is 2.84 bits per heavy atom. The maximum Gasteiger partial charge on any atom is 0.129 e. The number of aliphatic hydroxyl groups excluding tert-OH is 1. The number of benzene rings is 1. The van der Waals surface area contributed by atoms with Crippen molar-refractivity contribution in [3.63, 3.8) is 0 Å². The van der Waals surface area contributed by atoms with Crippen molar-refractivity contribution in [2.24, 2.45) is 0 Å². The molecular weight excluding hydrogens is 238 g/mol. The van der Waals surface area contributed by atoms with E-state index in [1.165, 1.54) is 30.4 Å². The summed E-state index contributed by atoms with van der Waals surface area (Å²) in [6.45, 7) is 0.672. The summed E-state index contributed by atoms with van der Waals surface area (Å²) in [5.74, 6) is 1.51. The fraction of sp³-hybridized carbons (Fsp3) is 0.375. The van der Waals surface area contributed by atoms with Gasteiger partial charge in [0.15, 0.2) is 0 Å². The molecule has 1 aromatic heterocycles. The minimum atomic E-state index is -0.0355. The molecule has 1 atom stereocenters. The van der Waals surface area contributed by atoms with Crippen LogP contribution in [0.1, 0.15) is 41.5 Å². The van der Waals surface area contributed by atoms with E-state index in [0.29, 0.717) is 18.3 Å². The fourth-order valence-corrected chi connectivity index (χ4v) is 2.79. The Kier molecular flexibility index (Phi) is 3.67. The molecule has 0 saturated carbocycles. The van der Waals surface area contributed by atoms with Gasteiger partial charge in [-0.25, -0.2) is 0 Å². The molecule has 3 nitrogen and oxygen atoms in total. The van der Waals surface area contributed by atoms with Gasteiger partial charge in [-0.2, -0.15) is 0 Å². The van der Waals surface area contributed by atoms with E-state index < -0.39 is 0 Å². The highest BCUT2D eigenvalue weighted by atomic mass is 16.4. The van der Waals surface area contributed by atoms with Gasteiger partial charge in [-0.3, -0.25) is 0 Å². The molecule has 2 N–H and O–H groups in total. The van der Waals surface area contributed by atoms with E-state index in [1.807, 2.05) is 12.1 Å². The van der Waals surface area contributed by atoms with Crippen molar-refractivity contribution in [1.29, 1.82) is 0 Å². The molecular formula is C16H19NO2. The van der Waals surface area contributed by atoms with Crippen LogP contribution in [0.5, 0.6) is 0 Å². The third kappa shape index (κ3) is 2.72. The number of aryl methyl sites for hydroxylation is 1. The molecule has 1 aliphatic carbocycles. The number of rotatable bonds is 4. The van der Waals surface area contributed by atoms with Gasteiger partial charge in [-0.05, 0) is 42.5 Å². The molecule has 3 rings (SSSR count). The molecule has 2 aromatic rings. The number of furan rings is 1. The summed E-state index contributed by atoms with van der Waals surface area (Å²) in [6.07, 6.45) is 3.59. The Labute approximate surface area is 113 Å². The average molecular weight is 257 g/mol. The lowest BCUT2D eigenvalue weighted by Gasteiger charge is -2.26. The van der Waals surface area contributed by atoms with Gasteiger partial charge in [-0.1, -0.05) is 24.3 Å². The molecule has 1 aromatic carbocycles. The maximum absolute atomic E-state index is 8.98. The largest absolute Gasteiger partial charge is 0.462 e. The topological polar surface area (TPSA) is 45.4 Å². The van der Waals surface area contributed by atoms with Gasteiger partial charge in [0.05, 0.1) is 6.54 Å². The van der Waals surface area contributed by atoms with Crippen molar-refractivity contribution >= 4 is 0 Å². The van der Waals surface area contributed by atoms with Crippen LogP contribution in [0.15, 0.2) is 40.8 Å². The first-order chi connectivity index (χ1) is 9.36. The number of fused-ring (bicyclic) bond motifs is 1. The van der Waals surface area contributed by atoms with Crippen LogP contribution in [0.25, 0.3) is 0 Å². The minimum Gasteiger partial charge on any atom is -0.462 e. The molecule has 0 aliphatic heterocycles. The maximum atomic E-state index is 8.98. The van der Waals surface area contributed by atoms with Gasteiger partial charge >= 0.3 is 0 Å². The van der Waals surface area contributed by atoms with E-state index >= 15 is 0 Å². The molecule has 0 bridgehead atoms. The second-order valence-corrected chi connectivity index (χ2v) is 5.05. The Hall–Kier alpha value is -1.58. The second kappa shape index (κ2) is 5.59. The average Bonchev–Trinajstić information content (AvgIpc) is 2.93. The number of hydrogen-bond donors (Lipinski definition) is 2. The van der Waals surface area contributed by atoms with Gasteiger partial charge in [0.25, 0.3) is 0 Å². The summed E-state index contributed by atoms with van der Waals surface area (Å²) in [5, 5.41) is 12.5. The van der Waals surface area contributed by atoms with Gasteiger partial charge in [0.2, 0.25) is 0 Å². The SMILES string of the molecule is OCc1ccc(CNC2CCCc3ccccc32)o1. The quantitative estimate of drug-likeness (QED) is 0.885. The smallest absolute Gasteiger partial charge is 0.129 e. The molecule has 0 radical (unpaired) electrons. The van der Waals surface area contributed by atoms with Crippen LogP contribution in [0, 0.1) is 0 Å². The van der Waals surface area contributed by atoms with Crippen molar-refractivity contribution in [3.8, 4) is 0 Å². The zero-order valence-corrected chi connectivity index (χ0v) is 10.9. The number of nitrogens with one attached hydrogen (secondary N) is 1. The third-order valence-electron chi connectivity index (χ3n) is 3.77. The summed E-state index contributed by atoms with van der Waals surface area (Å²) >= 11 is 0. The highest BCUT2D eigenvalue weighted by Gasteiger charge is 2.19. The monoisotopic (exact) mass is 257 g/mol. The van der Waals surface area contributed by atoms with Gasteiger partial charge in [-0.15, -0.1) is 0 Å². The molecule has 1 heterocycles. The van der Waals surface area contributed by atoms with Gasteiger partial charge in [0.1, 0.15) is 18.1 Å². The molecule has 1 aliphatic rings. The van der Waals surface area contributed by atoms with Crippen LogP contribution < -0.4 is 5.32 Å². The Balaban J connectivity index is 1.68. The van der Waals surface area contributed by atoms with E-state index in [-0.39, 0.29) is 6.61 Å². The van der Waals surface area contributed by atoms with Crippen LogP contribution in [0.4, 0.5) is 0 Å². The Morgan fingerprint density at radius 1 is 1.16 bits per heavy atom. The number of aliphatic hydroxyl groups is 1. The van der Waals surface area contributed by atoms with Crippen LogP contribution in [-0.2, 0) is 19.6 Å². The third-order valence-corrected chi connectivity index (χ3v) is 3.77. The van der Waals surface area contributed by atoms with E-state index in [4.69, 9.17) is 9.52 Å². The van der Waals surface area contributed by atoms with Crippen LogP contribution in [-0.4, -0.2) is 5.11 Å². The van der Waals surface area contributed by atoms with Crippen molar-refractivity contribution in [1.82, 2.24) is 5.32 Å². The highest BCUT2D eigenvalue weighted by molar-refractivity contribution is 5.32. The van der Waals surface area contributed by atoms with Crippen molar-refractivity contribution in [3.05, 3.63) is 59.0 Å². The number of hydrogen-bond acceptors (Lipinski definition) is 3. The lowest BCUT2D eigenvalue weighted by Crippen LogP contribution is -2.24. The molecule has 0 saturated heterocycles. The molecule has 1 unspecified atom stereocenters. The minimum absolute atomic E-state index is 0.0355. The van der Waals surface area contributed by atoms with E-state index in [0.717, 1.165) is 5.76 Å². The van der Waals surface area contributed by atoms with Gasteiger partial charge < -0.3 is 14.8 Å². The van der Waals surface area contributed by atoms with Crippen molar-refractivity contribution in [2.75, 3.05) is 0 Å². The van der Waals surface area contributed by atoms with E-state index in [1.54, 1.807) is 0 Å². The molecule has 0 amide bonds. The van der Waals surface area contributed by atoms with Crippen LogP contribution >= 0.6 is 0 Å². The summed E-state index contributed by atoms with van der Waals surface area (Å²) in [5.41, 5.74) is 2.88. The molecule has 0 spiro atoms. The molecule has 0 fully saturated rings. The Morgan fingerprint density at radius 2 is 2.00 bits per heavy atom. The first kappa shape index (κ1) is 12.5. The molecule has 3 heteroatoms. The predicted molar refractivity (Wildman–Crippen MR) is 73.6 cm³/mol. The summed E-state index contributed by atoms with van der Waals surface area (Å²) in [7, 11) is 0. The Bertz CT molecular complexity index is 547. The lowest BCUT2D eigenvalue weighted by atomic mass is 9.88. The van der Waals surface area contributed by atoms with Crippen molar-refractivity contribution < 1.29 is 9.52 Å². The second-order valence-electron chi connectivity index (χ2n) is 5.05. The molecule has 100 valence electrons. The van der Waals surface area contributed by atoms with Crippen LogP contribution in [0.3, 0.4) is 0 Å². The zero-order valence-electron chi connectivity index (χ0n) is 10.9. The summed E-state index contributed by atoms with van der Waals surface area (Å²) < 4.78 is 5.50.